The Balaban J connectivity index is 1.82. The minimum atomic E-state index is -0.634. The van der Waals surface area contributed by atoms with E-state index in [9.17, 15) is 14.4 Å². The van der Waals surface area contributed by atoms with Gasteiger partial charge in [-0.15, -0.1) is 0 Å². The Bertz CT molecular complexity index is 1030. The van der Waals surface area contributed by atoms with Crippen molar-refractivity contribution < 1.29 is 33.0 Å². The Morgan fingerprint density at radius 2 is 2.03 bits per heavy atom. The number of hydrogen-bond donors (Lipinski definition) is 0. The van der Waals surface area contributed by atoms with Crippen molar-refractivity contribution in [3.05, 3.63) is 50.7 Å². The monoisotopic (exact) mass is 495 g/mol. The third-order valence-corrected chi connectivity index (χ3v) is 5.57. The number of carbonyl (C=O) groups is 3. The van der Waals surface area contributed by atoms with Gasteiger partial charge in [-0.2, -0.15) is 0 Å². The zero-order valence-corrected chi connectivity index (χ0v) is 18.8. The Morgan fingerprint density at radius 1 is 1.27 bits per heavy atom. The van der Waals surface area contributed by atoms with Gasteiger partial charge in [-0.1, -0.05) is 0 Å². The standard InChI is InChI=1S/C20H18BrNO7S/c1-4-28-17-13(21)7-11(8-15(17)26-2)9-16-18(23)22(20(25)30-16)10-12-5-6-14(29-12)19(24)27-3/h5-9H,4,10H2,1-3H3. The molecule has 2 heterocycles. The minimum absolute atomic E-state index is 0.00125. The quantitative estimate of drug-likeness (QED) is 0.409. The number of benzene rings is 1. The maximum absolute atomic E-state index is 12.7. The lowest BCUT2D eigenvalue weighted by atomic mass is 10.2. The highest BCUT2D eigenvalue weighted by Crippen LogP contribution is 2.39. The summed E-state index contributed by atoms with van der Waals surface area (Å²) in [6.45, 7) is 2.25. The highest BCUT2D eigenvalue weighted by atomic mass is 79.9. The van der Waals surface area contributed by atoms with E-state index < -0.39 is 17.1 Å². The molecule has 0 spiro atoms. The average Bonchev–Trinajstić information content (AvgIpc) is 3.30. The van der Waals surface area contributed by atoms with Crippen LogP contribution in [0.25, 0.3) is 6.08 Å². The van der Waals surface area contributed by atoms with Gasteiger partial charge in [0, 0.05) is 0 Å². The molecule has 158 valence electrons. The fraction of sp³-hybridized carbons (Fsp3) is 0.250. The van der Waals surface area contributed by atoms with E-state index in [2.05, 4.69) is 20.7 Å². The molecule has 1 fully saturated rings. The number of ether oxygens (including phenoxy) is 3. The van der Waals surface area contributed by atoms with Crippen LogP contribution in [0.5, 0.6) is 11.5 Å². The number of amides is 2. The van der Waals surface area contributed by atoms with E-state index >= 15 is 0 Å². The molecule has 1 aliphatic rings. The van der Waals surface area contributed by atoms with Crippen LogP contribution in [0.1, 0.15) is 28.8 Å². The number of furan rings is 1. The predicted molar refractivity (Wildman–Crippen MR) is 113 cm³/mol. The van der Waals surface area contributed by atoms with Crippen LogP contribution in [0.15, 0.2) is 38.1 Å². The molecule has 3 rings (SSSR count). The van der Waals surface area contributed by atoms with Crippen LogP contribution in [0.3, 0.4) is 0 Å². The van der Waals surface area contributed by atoms with Crippen LogP contribution in [-0.4, -0.2) is 42.8 Å². The van der Waals surface area contributed by atoms with Crippen molar-refractivity contribution in [1.82, 2.24) is 4.90 Å². The molecule has 0 aliphatic carbocycles. The molecule has 1 aromatic carbocycles. The number of esters is 1. The highest BCUT2D eigenvalue weighted by Gasteiger charge is 2.36. The Hall–Kier alpha value is -2.72. The molecule has 0 N–H and O–H groups in total. The second-order valence-corrected chi connectivity index (χ2v) is 7.84. The summed E-state index contributed by atoms with van der Waals surface area (Å²) in [5, 5.41) is -0.431. The number of halogens is 1. The molecular weight excluding hydrogens is 478 g/mol. The van der Waals surface area contributed by atoms with Crippen molar-refractivity contribution in [2.45, 2.75) is 13.5 Å². The van der Waals surface area contributed by atoms with E-state index in [0.29, 0.717) is 33.9 Å². The topological polar surface area (TPSA) is 95.3 Å². The Labute approximate surface area is 185 Å². The van der Waals surface area contributed by atoms with Gasteiger partial charge in [-0.25, -0.2) is 4.79 Å². The van der Waals surface area contributed by atoms with Crippen LogP contribution in [0, 0.1) is 0 Å². The van der Waals surface area contributed by atoms with Crippen LogP contribution >= 0.6 is 27.7 Å². The normalized spacial score (nSPS) is 15.1. The van der Waals surface area contributed by atoms with Crippen molar-refractivity contribution in [2.75, 3.05) is 20.8 Å². The number of rotatable bonds is 7. The summed E-state index contributed by atoms with van der Waals surface area (Å²) in [6, 6.07) is 6.45. The van der Waals surface area contributed by atoms with E-state index in [1.807, 2.05) is 6.92 Å². The maximum Gasteiger partial charge on any atom is 0.373 e. The van der Waals surface area contributed by atoms with Gasteiger partial charge < -0.3 is 18.6 Å². The Morgan fingerprint density at radius 3 is 2.70 bits per heavy atom. The third kappa shape index (κ3) is 4.54. The van der Waals surface area contributed by atoms with Gasteiger partial charge in [0.05, 0.1) is 36.7 Å². The van der Waals surface area contributed by atoms with Gasteiger partial charge in [0.25, 0.3) is 11.1 Å². The number of nitrogens with zero attached hydrogens (tertiary/aromatic N) is 1. The van der Waals surface area contributed by atoms with Crippen LogP contribution < -0.4 is 9.47 Å². The number of methoxy groups -OCH3 is 2. The first-order chi connectivity index (χ1) is 14.4. The number of hydrogen-bond acceptors (Lipinski definition) is 8. The summed E-state index contributed by atoms with van der Waals surface area (Å²) in [6.07, 6.45) is 1.61. The fourth-order valence-electron chi connectivity index (χ4n) is 2.72. The summed E-state index contributed by atoms with van der Waals surface area (Å²) >= 11 is 4.26. The van der Waals surface area contributed by atoms with E-state index in [0.717, 1.165) is 16.7 Å². The zero-order valence-electron chi connectivity index (χ0n) is 16.4. The number of imide groups is 1. The molecule has 0 bridgehead atoms. The molecule has 8 nitrogen and oxygen atoms in total. The van der Waals surface area contributed by atoms with Crippen molar-refractivity contribution >= 4 is 50.9 Å². The first-order valence-corrected chi connectivity index (χ1v) is 10.4. The molecule has 30 heavy (non-hydrogen) atoms. The highest BCUT2D eigenvalue weighted by molar-refractivity contribution is 9.10. The third-order valence-electron chi connectivity index (χ3n) is 4.07. The van der Waals surface area contributed by atoms with Gasteiger partial charge in [-0.05, 0) is 70.5 Å². The first kappa shape index (κ1) is 22.0. The molecule has 0 atom stereocenters. The molecule has 1 saturated heterocycles. The second-order valence-electron chi connectivity index (χ2n) is 5.99. The molecule has 0 radical (unpaired) electrons. The lowest BCUT2D eigenvalue weighted by molar-refractivity contribution is -0.123. The van der Waals surface area contributed by atoms with E-state index in [-0.39, 0.29) is 17.2 Å². The van der Waals surface area contributed by atoms with Gasteiger partial charge in [0.2, 0.25) is 5.76 Å². The SMILES string of the molecule is CCOc1c(Br)cc(C=C2SC(=O)N(Cc3ccc(C(=O)OC)o3)C2=O)cc1OC. The molecule has 2 amide bonds. The number of thioether (sulfide) groups is 1. The van der Waals surface area contributed by atoms with E-state index in [1.54, 1.807) is 18.2 Å². The lowest BCUT2D eigenvalue weighted by Crippen LogP contribution is -2.27. The minimum Gasteiger partial charge on any atom is -0.493 e. The smallest absolute Gasteiger partial charge is 0.373 e. The predicted octanol–water partition coefficient (Wildman–Crippen LogP) is 4.47. The summed E-state index contributed by atoms with van der Waals surface area (Å²) in [5.41, 5.74) is 0.665. The van der Waals surface area contributed by atoms with Crippen molar-refractivity contribution in [3.8, 4) is 11.5 Å². The number of carbonyl (C=O) groups excluding carboxylic acids is 3. The Kier molecular flexibility index (Phi) is 6.88. The second kappa shape index (κ2) is 9.40. The van der Waals surface area contributed by atoms with Crippen molar-refractivity contribution in [3.63, 3.8) is 0 Å². The molecule has 2 aromatic rings. The zero-order chi connectivity index (χ0) is 21.8. The van der Waals surface area contributed by atoms with Gasteiger partial charge in [0.1, 0.15) is 5.76 Å². The van der Waals surface area contributed by atoms with Gasteiger partial charge in [0.15, 0.2) is 11.5 Å². The van der Waals surface area contributed by atoms with Crippen molar-refractivity contribution in [2.24, 2.45) is 0 Å². The van der Waals surface area contributed by atoms with Crippen LogP contribution in [0.2, 0.25) is 0 Å². The molecule has 0 unspecified atom stereocenters. The largest absolute Gasteiger partial charge is 0.493 e. The van der Waals surface area contributed by atoms with Crippen molar-refractivity contribution in [1.29, 1.82) is 0 Å². The molecule has 10 heteroatoms. The van der Waals surface area contributed by atoms with Crippen LogP contribution in [0.4, 0.5) is 4.79 Å². The first-order valence-electron chi connectivity index (χ1n) is 8.80. The van der Waals surface area contributed by atoms with Gasteiger partial charge in [-0.3, -0.25) is 14.5 Å². The summed E-state index contributed by atoms with van der Waals surface area (Å²) in [4.78, 5) is 37.9. The van der Waals surface area contributed by atoms with Crippen LogP contribution in [-0.2, 0) is 16.1 Å². The lowest BCUT2D eigenvalue weighted by Gasteiger charge is -2.12. The van der Waals surface area contributed by atoms with Gasteiger partial charge >= 0.3 is 5.97 Å². The summed E-state index contributed by atoms with van der Waals surface area (Å²) < 4.78 is 21.5. The van der Waals surface area contributed by atoms with E-state index in [4.69, 9.17) is 13.9 Å². The fourth-order valence-corrected chi connectivity index (χ4v) is 4.14. The maximum atomic E-state index is 12.7. The summed E-state index contributed by atoms with van der Waals surface area (Å²) in [5.74, 6) is 0.271. The molecule has 1 aromatic heterocycles. The molecule has 1 aliphatic heterocycles. The van der Waals surface area contributed by atoms with E-state index in [1.165, 1.54) is 26.4 Å². The average molecular weight is 496 g/mol. The molecule has 0 saturated carbocycles. The summed E-state index contributed by atoms with van der Waals surface area (Å²) in [7, 11) is 2.76. The molecular formula is C20H18BrNO7S.